The highest BCUT2D eigenvalue weighted by Crippen LogP contribution is 2.22. The lowest BCUT2D eigenvalue weighted by atomic mass is 10.1. The van der Waals surface area contributed by atoms with E-state index in [0.717, 1.165) is 48.3 Å². The molecule has 1 fully saturated rings. The van der Waals surface area contributed by atoms with Gasteiger partial charge in [0.1, 0.15) is 5.15 Å². The van der Waals surface area contributed by atoms with Crippen molar-refractivity contribution in [3.05, 3.63) is 87.7 Å². The fourth-order valence-corrected chi connectivity index (χ4v) is 4.31. The Hall–Kier alpha value is -3.58. The smallest absolute Gasteiger partial charge is 0.321 e. The molecule has 1 saturated heterocycles. The van der Waals surface area contributed by atoms with Crippen LogP contribution in [0.4, 0.5) is 10.5 Å². The van der Waals surface area contributed by atoms with Gasteiger partial charge in [-0.1, -0.05) is 53.6 Å². The van der Waals surface area contributed by atoms with Crippen LogP contribution in [0.2, 0.25) is 5.15 Å². The molecule has 0 saturated carbocycles. The summed E-state index contributed by atoms with van der Waals surface area (Å²) in [5, 5.41) is 10.8. The van der Waals surface area contributed by atoms with Crippen LogP contribution < -0.4 is 10.6 Å². The number of nitrogens with zero attached hydrogens (tertiary/aromatic N) is 3. The molecule has 0 aliphatic carbocycles. The van der Waals surface area contributed by atoms with E-state index in [1.807, 2.05) is 43.0 Å². The highest BCUT2D eigenvalue weighted by atomic mass is 35.5. The number of rotatable bonds is 7. The molecule has 0 unspecified atom stereocenters. The molecule has 2 aromatic carbocycles. The van der Waals surface area contributed by atoms with E-state index in [1.54, 1.807) is 10.8 Å². The van der Waals surface area contributed by atoms with Gasteiger partial charge in [0.2, 0.25) is 5.91 Å². The average molecular weight is 492 g/mol. The van der Waals surface area contributed by atoms with Crippen LogP contribution >= 0.6 is 11.6 Å². The zero-order valence-electron chi connectivity index (χ0n) is 20.1. The van der Waals surface area contributed by atoms with Crippen LogP contribution in [-0.4, -0.2) is 39.7 Å². The van der Waals surface area contributed by atoms with Crippen molar-refractivity contribution in [1.29, 1.82) is 0 Å². The van der Waals surface area contributed by atoms with Crippen LogP contribution in [0.5, 0.6) is 0 Å². The van der Waals surface area contributed by atoms with Crippen molar-refractivity contribution in [3.63, 3.8) is 0 Å². The minimum Gasteiger partial charge on any atom is -0.348 e. The summed E-state index contributed by atoms with van der Waals surface area (Å²) in [4.78, 5) is 26.6. The highest BCUT2D eigenvalue weighted by Gasteiger charge is 2.17. The molecule has 8 heteroatoms. The molecular weight excluding hydrogens is 462 g/mol. The second-order valence-electron chi connectivity index (χ2n) is 8.81. The molecule has 1 aromatic heterocycles. The van der Waals surface area contributed by atoms with Gasteiger partial charge in [0.05, 0.1) is 12.2 Å². The first kappa shape index (κ1) is 24.5. The molecule has 0 atom stereocenters. The van der Waals surface area contributed by atoms with Crippen molar-refractivity contribution < 1.29 is 9.59 Å². The molecule has 3 aromatic rings. The Balaban J connectivity index is 1.33. The SMILES string of the molecule is Cc1ccc(Cn2nc(C)c(/C=C/C(=O)NCc3cccc(NC(=O)N4CCCC4)c3)c2Cl)cc1. The monoisotopic (exact) mass is 491 g/mol. The molecule has 4 rings (SSSR count). The van der Waals surface area contributed by atoms with E-state index in [-0.39, 0.29) is 11.9 Å². The Bertz CT molecular complexity index is 1230. The quantitative estimate of drug-likeness (QED) is 0.448. The van der Waals surface area contributed by atoms with Crippen LogP contribution in [0.15, 0.2) is 54.6 Å². The van der Waals surface area contributed by atoms with E-state index >= 15 is 0 Å². The Kier molecular flexibility index (Phi) is 7.87. The number of aryl methyl sites for hydroxylation is 2. The number of nitrogens with one attached hydrogen (secondary N) is 2. The molecule has 0 bridgehead atoms. The largest absolute Gasteiger partial charge is 0.348 e. The molecule has 0 radical (unpaired) electrons. The molecular formula is C27H30ClN5O2. The predicted molar refractivity (Wildman–Crippen MR) is 139 cm³/mol. The normalized spacial score (nSPS) is 13.4. The van der Waals surface area contributed by atoms with Crippen molar-refractivity contribution >= 4 is 35.3 Å². The van der Waals surface area contributed by atoms with E-state index in [1.165, 1.54) is 11.6 Å². The van der Waals surface area contributed by atoms with Crippen LogP contribution in [0.3, 0.4) is 0 Å². The fraction of sp³-hybridized carbons (Fsp3) is 0.296. The summed E-state index contributed by atoms with van der Waals surface area (Å²) >= 11 is 6.55. The Morgan fingerprint density at radius 1 is 1.06 bits per heavy atom. The summed E-state index contributed by atoms with van der Waals surface area (Å²) in [7, 11) is 0. The van der Waals surface area contributed by atoms with Crippen LogP contribution in [0.25, 0.3) is 6.08 Å². The van der Waals surface area contributed by atoms with Gasteiger partial charge in [-0.15, -0.1) is 0 Å². The first-order chi connectivity index (χ1) is 16.9. The number of urea groups is 1. The molecule has 1 aliphatic heterocycles. The van der Waals surface area contributed by atoms with E-state index in [4.69, 9.17) is 11.6 Å². The van der Waals surface area contributed by atoms with Gasteiger partial charge in [-0.3, -0.25) is 4.79 Å². The summed E-state index contributed by atoms with van der Waals surface area (Å²) in [5.41, 5.74) is 5.39. The zero-order chi connectivity index (χ0) is 24.8. The molecule has 3 amide bonds. The van der Waals surface area contributed by atoms with Gasteiger partial charge in [-0.2, -0.15) is 5.10 Å². The Morgan fingerprint density at radius 3 is 2.54 bits per heavy atom. The van der Waals surface area contributed by atoms with Gasteiger partial charge in [0.15, 0.2) is 0 Å². The number of carbonyl (C=O) groups excluding carboxylic acids is 2. The van der Waals surface area contributed by atoms with Gasteiger partial charge >= 0.3 is 6.03 Å². The second-order valence-corrected chi connectivity index (χ2v) is 9.17. The molecule has 2 heterocycles. The molecule has 2 N–H and O–H groups in total. The second kappa shape index (κ2) is 11.2. The van der Waals surface area contributed by atoms with Gasteiger partial charge in [-0.05, 0) is 56.0 Å². The zero-order valence-corrected chi connectivity index (χ0v) is 20.8. The summed E-state index contributed by atoms with van der Waals surface area (Å²) < 4.78 is 1.74. The van der Waals surface area contributed by atoms with Crippen molar-refractivity contribution in [2.75, 3.05) is 18.4 Å². The third kappa shape index (κ3) is 6.51. The Labute approximate surface area is 210 Å². The van der Waals surface area contributed by atoms with Gasteiger partial charge in [0.25, 0.3) is 0 Å². The average Bonchev–Trinajstić information content (AvgIpc) is 3.47. The van der Waals surface area contributed by atoms with Crippen molar-refractivity contribution in [1.82, 2.24) is 20.0 Å². The minimum absolute atomic E-state index is 0.0817. The number of carbonyl (C=O) groups is 2. The summed E-state index contributed by atoms with van der Waals surface area (Å²) in [6, 6.07) is 15.6. The lowest BCUT2D eigenvalue weighted by molar-refractivity contribution is -0.116. The van der Waals surface area contributed by atoms with E-state index in [9.17, 15) is 9.59 Å². The highest BCUT2D eigenvalue weighted by molar-refractivity contribution is 6.31. The van der Waals surface area contributed by atoms with Crippen LogP contribution in [0.1, 0.15) is 40.8 Å². The van der Waals surface area contributed by atoms with Crippen molar-refractivity contribution in [3.8, 4) is 0 Å². The number of benzene rings is 2. The van der Waals surface area contributed by atoms with Crippen LogP contribution in [0, 0.1) is 13.8 Å². The third-order valence-electron chi connectivity index (χ3n) is 6.00. The van der Waals surface area contributed by atoms with Crippen LogP contribution in [-0.2, 0) is 17.9 Å². The summed E-state index contributed by atoms with van der Waals surface area (Å²) in [6.07, 6.45) is 5.25. The predicted octanol–water partition coefficient (Wildman–Crippen LogP) is 5.16. The summed E-state index contributed by atoms with van der Waals surface area (Å²) in [6.45, 7) is 6.41. The van der Waals surface area contributed by atoms with E-state index in [2.05, 4.69) is 40.0 Å². The number of aromatic nitrogens is 2. The summed E-state index contributed by atoms with van der Waals surface area (Å²) in [5.74, 6) is -0.238. The standard InChI is InChI=1S/C27H30ClN5O2/c1-19-8-10-21(11-9-19)18-33-26(28)24(20(2)31-33)12-13-25(34)29-17-22-6-5-7-23(16-22)30-27(35)32-14-3-4-15-32/h5-13,16H,3-4,14-15,17-18H2,1-2H3,(H,29,34)(H,30,35)/b13-12+. The fourth-order valence-electron chi connectivity index (χ4n) is 4.02. The maximum absolute atomic E-state index is 12.4. The van der Waals surface area contributed by atoms with Crippen molar-refractivity contribution in [2.45, 2.75) is 39.8 Å². The van der Waals surface area contributed by atoms with E-state index in [0.29, 0.717) is 23.9 Å². The number of likely N-dealkylation sites (tertiary alicyclic amines) is 1. The molecule has 182 valence electrons. The number of hydrogen-bond donors (Lipinski definition) is 2. The lowest BCUT2D eigenvalue weighted by Gasteiger charge is -2.16. The number of amides is 3. The first-order valence-electron chi connectivity index (χ1n) is 11.8. The maximum Gasteiger partial charge on any atom is 0.321 e. The molecule has 7 nitrogen and oxygen atoms in total. The number of anilines is 1. The maximum atomic E-state index is 12.4. The molecule has 0 spiro atoms. The third-order valence-corrected chi connectivity index (χ3v) is 6.40. The van der Waals surface area contributed by atoms with E-state index < -0.39 is 0 Å². The van der Waals surface area contributed by atoms with Gasteiger partial charge in [-0.25, -0.2) is 9.48 Å². The minimum atomic E-state index is -0.238. The number of halogens is 1. The Morgan fingerprint density at radius 2 is 1.80 bits per heavy atom. The first-order valence-corrected chi connectivity index (χ1v) is 12.2. The topological polar surface area (TPSA) is 79.3 Å². The van der Waals surface area contributed by atoms with Gasteiger partial charge < -0.3 is 15.5 Å². The lowest BCUT2D eigenvalue weighted by Crippen LogP contribution is -2.32. The van der Waals surface area contributed by atoms with Gasteiger partial charge in [0, 0.05) is 37.0 Å². The van der Waals surface area contributed by atoms with Crippen molar-refractivity contribution in [2.24, 2.45) is 0 Å². The molecule has 35 heavy (non-hydrogen) atoms. The molecule has 1 aliphatic rings. The number of hydrogen-bond acceptors (Lipinski definition) is 3.